The number of aryl methyl sites for hydroxylation is 1. The number of hydrogen-bond acceptors (Lipinski definition) is 5. The molecule has 0 radical (unpaired) electrons. The van der Waals surface area contributed by atoms with Gasteiger partial charge < -0.3 is 13.9 Å². The molecule has 134 valence electrons. The molecule has 0 aliphatic rings. The Labute approximate surface area is 151 Å². The average Bonchev–Trinajstić information content (AvgIpc) is 2.65. The van der Waals surface area contributed by atoms with Crippen molar-refractivity contribution < 1.29 is 18.7 Å². The normalized spacial score (nSPS) is 12.0. The summed E-state index contributed by atoms with van der Waals surface area (Å²) in [6.07, 6.45) is -0.896. The van der Waals surface area contributed by atoms with Crippen LogP contribution >= 0.6 is 0 Å². The van der Waals surface area contributed by atoms with Crippen LogP contribution in [-0.4, -0.2) is 12.6 Å². The Kier molecular flexibility index (Phi) is 5.07. The van der Waals surface area contributed by atoms with Crippen LogP contribution in [0.15, 0.2) is 57.7 Å². The molecule has 0 saturated carbocycles. The molecule has 1 atom stereocenters. The van der Waals surface area contributed by atoms with Crippen LogP contribution in [0.25, 0.3) is 11.0 Å². The molecule has 3 rings (SSSR count). The summed E-state index contributed by atoms with van der Waals surface area (Å²) in [7, 11) is 0. The van der Waals surface area contributed by atoms with Crippen LogP contribution < -0.4 is 10.4 Å². The summed E-state index contributed by atoms with van der Waals surface area (Å²) in [6, 6.07) is 14.3. The van der Waals surface area contributed by atoms with Crippen LogP contribution in [0.1, 0.15) is 29.7 Å². The van der Waals surface area contributed by atoms with Crippen LogP contribution in [0.2, 0.25) is 0 Å². The molecule has 0 aliphatic carbocycles. The van der Waals surface area contributed by atoms with Crippen LogP contribution in [0.3, 0.4) is 0 Å². The molecule has 5 heteroatoms. The lowest BCUT2D eigenvalue weighted by Crippen LogP contribution is -2.21. The van der Waals surface area contributed by atoms with Crippen molar-refractivity contribution >= 4 is 16.9 Å². The minimum Gasteiger partial charge on any atom is -0.474 e. The van der Waals surface area contributed by atoms with Gasteiger partial charge in [0.1, 0.15) is 11.3 Å². The first-order valence-electron chi connectivity index (χ1n) is 8.43. The van der Waals surface area contributed by atoms with Crippen LogP contribution in [0.4, 0.5) is 0 Å². The van der Waals surface area contributed by atoms with E-state index in [0.717, 1.165) is 10.9 Å². The first-order valence-corrected chi connectivity index (χ1v) is 8.43. The summed E-state index contributed by atoms with van der Waals surface area (Å²) >= 11 is 0. The van der Waals surface area contributed by atoms with Gasteiger partial charge >= 0.3 is 11.6 Å². The van der Waals surface area contributed by atoms with Gasteiger partial charge in [-0.2, -0.15) is 0 Å². The van der Waals surface area contributed by atoms with Gasteiger partial charge in [-0.05, 0) is 38.5 Å². The number of fused-ring (bicyclic) bond motifs is 1. The van der Waals surface area contributed by atoms with E-state index >= 15 is 0 Å². The molecule has 0 saturated heterocycles. The highest BCUT2D eigenvalue weighted by Crippen LogP contribution is 2.28. The van der Waals surface area contributed by atoms with E-state index < -0.39 is 12.1 Å². The lowest BCUT2D eigenvalue weighted by molar-refractivity contribution is -0.151. The van der Waals surface area contributed by atoms with Crippen molar-refractivity contribution in [3.63, 3.8) is 0 Å². The van der Waals surface area contributed by atoms with Crippen LogP contribution in [0, 0.1) is 13.8 Å². The van der Waals surface area contributed by atoms with Gasteiger partial charge in [-0.3, -0.25) is 0 Å². The Morgan fingerprint density at radius 3 is 2.50 bits per heavy atom. The van der Waals surface area contributed by atoms with Gasteiger partial charge in [0.25, 0.3) is 0 Å². The molecule has 0 fully saturated rings. The third-order valence-corrected chi connectivity index (χ3v) is 4.29. The van der Waals surface area contributed by atoms with E-state index in [1.165, 1.54) is 0 Å². The van der Waals surface area contributed by atoms with Gasteiger partial charge in [-0.1, -0.05) is 30.3 Å². The first-order chi connectivity index (χ1) is 12.5. The molecule has 26 heavy (non-hydrogen) atoms. The molecule has 1 aromatic heterocycles. The third-order valence-electron chi connectivity index (χ3n) is 4.29. The molecule has 0 N–H and O–H groups in total. The predicted octanol–water partition coefficient (Wildman–Crippen LogP) is 4.09. The second-order valence-electron chi connectivity index (χ2n) is 5.96. The minimum absolute atomic E-state index is 0.261. The van der Waals surface area contributed by atoms with E-state index in [-0.39, 0.29) is 12.2 Å². The molecule has 0 amide bonds. The quantitative estimate of drug-likeness (QED) is 0.511. The Hall–Kier alpha value is -3.08. The number of esters is 1. The highest BCUT2D eigenvalue weighted by molar-refractivity contribution is 5.82. The van der Waals surface area contributed by atoms with Crippen molar-refractivity contribution in [1.82, 2.24) is 0 Å². The average molecular weight is 352 g/mol. The van der Waals surface area contributed by atoms with Crippen molar-refractivity contribution in [3.05, 3.63) is 75.6 Å². The molecule has 1 heterocycles. The zero-order valence-corrected chi connectivity index (χ0v) is 14.9. The number of ether oxygens (including phenoxy) is 2. The largest absolute Gasteiger partial charge is 0.474 e. The summed E-state index contributed by atoms with van der Waals surface area (Å²) in [6.45, 7) is 5.62. The molecule has 0 aliphatic heterocycles. The maximum atomic E-state index is 12.3. The van der Waals surface area contributed by atoms with Crippen molar-refractivity contribution in [2.75, 3.05) is 6.61 Å². The Morgan fingerprint density at radius 2 is 1.81 bits per heavy atom. The van der Waals surface area contributed by atoms with Crippen LogP contribution in [0.5, 0.6) is 5.75 Å². The highest BCUT2D eigenvalue weighted by Gasteiger charge is 2.24. The van der Waals surface area contributed by atoms with Crippen molar-refractivity contribution in [3.8, 4) is 5.75 Å². The number of benzene rings is 2. The van der Waals surface area contributed by atoms with Gasteiger partial charge in [-0.25, -0.2) is 9.59 Å². The van der Waals surface area contributed by atoms with E-state index in [9.17, 15) is 9.59 Å². The fourth-order valence-corrected chi connectivity index (χ4v) is 2.74. The molecule has 2 aromatic carbocycles. The lowest BCUT2D eigenvalue weighted by atomic mass is 10.1. The summed E-state index contributed by atoms with van der Waals surface area (Å²) in [5.41, 5.74) is 2.18. The van der Waals surface area contributed by atoms with Gasteiger partial charge in [0.05, 0.1) is 6.61 Å². The van der Waals surface area contributed by atoms with Crippen molar-refractivity contribution in [2.45, 2.75) is 26.9 Å². The van der Waals surface area contributed by atoms with Gasteiger partial charge in [0.2, 0.25) is 6.10 Å². The van der Waals surface area contributed by atoms with E-state index in [1.54, 1.807) is 38.1 Å². The number of carbonyl (C=O) groups is 1. The smallest absolute Gasteiger partial charge is 0.352 e. The molecule has 3 aromatic rings. The topological polar surface area (TPSA) is 65.7 Å². The monoisotopic (exact) mass is 352 g/mol. The first kappa shape index (κ1) is 17.7. The number of carbonyl (C=O) groups excluding carboxylic acids is 1. The van der Waals surface area contributed by atoms with E-state index in [2.05, 4.69) is 0 Å². The number of rotatable bonds is 5. The molecule has 0 spiro atoms. The zero-order valence-electron chi connectivity index (χ0n) is 14.9. The van der Waals surface area contributed by atoms with E-state index in [4.69, 9.17) is 13.9 Å². The maximum Gasteiger partial charge on any atom is 0.352 e. The fraction of sp³-hybridized carbons (Fsp3) is 0.238. The Bertz CT molecular complexity index is 988. The SMILES string of the molecule is CCOC(=O)[C@@H](Oc1ccc2c(C)c(C)c(=O)oc2c1)c1ccccc1. The highest BCUT2D eigenvalue weighted by atomic mass is 16.6. The lowest BCUT2D eigenvalue weighted by Gasteiger charge is -2.18. The second kappa shape index (κ2) is 7.44. The summed E-state index contributed by atoms with van der Waals surface area (Å²) in [5, 5.41) is 0.835. The fourth-order valence-electron chi connectivity index (χ4n) is 2.74. The summed E-state index contributed by atoms with van der Waals surface area (Å²) in [4.78, 5) is 24.3. The van der Waals surface area contributed by atoms with Gasteiger partial charge in [0.15, 0.2) is 0 Å². The van der Waals surface area contributed by atoms with Crippen molar-refractivity contribution in [2.24, 2.45) is 0 Å². The Balaban J connectivity index is 2.00. The van der Waals surface area contributed by atoms with Gasteiger partial charge in [-0.15, -0.1) is 0 Å². The van der Waals surface area contributed by atoms with Crippen molar-refractivity contribution in [1.29, 1.82) is 0 Å². The van der Waals surface area contributed by atoms with Gasteiger partial charge in [0, 0.05) is 22.6 Å². The number of hydrogen-bond donors (Lipinski definition) is 0. The zero-order chi connectivity index (χ0) is 18.7. The minimum atomic E-state index is -0.896. The molecular weight excluding hydrogens is 332 g/mol. The predicted molar refractivity (Wildman–Crippen MR) is 98.4 cm³/mol. The summed E-state index contributed by atoms with van der Waals surface area (Å²) < 4.78 is 16.4. The van der Waals surface area contributed by atoms with E-state index in [1.807, 2.05) is 31.2 Å². The maximum absolute atomic E-state index is 12.3. The van der Waals surface area contributed by atoms with Crippen LogP contribution in [-0.2, 0) is 9.53 Å². The third kappa shape index (κ3) is 3.47. The second-order valence-corrected chi connectivity index (χ2v) is 5.96. The molecular formula is C21H20O5. The summed E-state index contributed by atoms with van der Waals surface area (Å²) in [5.74, 6) is -0.0499. The molecule has 0 bridgehead atoms. The standard InChI is InChI=1S/C21H20O5/c1-4-24-21(23)19(15-8-6-5-7-9-15)25-16-10-11-17-13(2)14(3)20(22)26-18(17)12-16/h5-12,19H,4H2,1-3H3/t19-/m0/s1. The Morgan fingerprint density at radius 1 is 1.08 bits per heavy atom. The molecule has 5 nitrogen and oxygen atoms in total. The van der Waals surface area contributed by atoms with E-state index in [0.29, 0.717) is 22.5 Å². The molecule has 0 unspecified atom stereocenters.